The molecule has 1 unspecified atom stereocenters. The Balaban J connectivity index is 2.95. The van der Waals surface area contributed by atoms with Crippen molar-refractivity contribution in [3.63, 3.8) is 0 Å². The van der Waals surface area contributed by atoms with E-state index in [2.05, 4.69) is 17.9 Å². The van der Waals surface area contributed by atoms with Crippen LogP contribution in [0, 0.1) is 5.92 Å². The number of nitrogens with one attached hydrogen (secondary N) is 1. The van der Waals surface area contributed by atoms with Crippen molar-refractivity contribution in [3.05, 3.63) is 29.8 Å². The maximum Gasteiger partial charge on any atom is 0.357 e. The molecule has 0 fully saturated rings. The minimum Gasteiger partial charge on any atom is -0.478 e. The smallest absolute Gasteiger partial charge is 0.357 e. The molecule has 0 saturated heterocycles. The van der Waals surface area contributed by atoms with Crippen LogP contribution in [0.25, 0.3) is 0 Å². The molecule has 0 saturated carbocycles. The number of anilines is 1. The Labute approximate surface area is 161 Å². The van der Waals surface area contributed by atoms with E-state index in [0.29, 0.717) is 12.2 Å². The lowest BCUT2D eigenvalue weighted by Gasteiger charge is -2.31. The second-order valence-electron chi connectivity index (χ2n) is 6.66. The van der Waals surface area contributed by atoms with Gasteiger partial charge in [-0.3, -0.25) is 4.79 Å². The third kappa shape index (κ3) is 6.21. The van der Waals surface area contributed by atoms with E-state index in [1.165, 1.54) is 0 Å². The Kier molecular flexibility index (Phi) is 8.95. The van der Waals surface area contributed by atoms with E-state index < -0.39 is 17.6 Å². The van der Waals surface area contributed by atoms with E-state index >= 15 is 0 Å². The summed E-state index contributed by atoms with van der Waals surface area (Å²) in [5, 5.41) is 12.4. The molecule has 0 aliphatic heterocycles. The molecule has 2 atom stereocenters. The highest BCUT2D eigenvalue weighted by atomic mass is 32.1. The number of carbonyl (C=O) groups excluding carboxylic acids is 1. The van der Waals surface area contributed by atoms with Crippen molar-refractivity contribution in [2.75, 3.05) is 24.7 Å². The number of thiol groups is 1. The van der Waals surface area contributed by atoms with Gasteiger partial charge >= 0.3 is 5.97 Å². The molecule has 0 spiro atoms. The quantitative estimate of drug-likeness (QED) is 0.405. The number of hydrogen-bond acceptors (Lipinski definition) is 5. The predicted octanol–water partition coefficient (Wildman–Crippen LogP) is 2.92. The number of carbonyl (C=O) groups is 2. The number of carboxylic acid groups (broad SMARTS) is 1. The van der Waals surface area contributed by atoms with Crippen molar-refractivity contribution in [1.82, 2.24) is 5.32 Å². The highest BCUT2D eigenvalue weighted by molar-refractivity contribution is 7.80. The van der Waals surface area contributed by atoms with E-state index in [9.17, 15) is 14.7 Å². The molecule has 1 rings (SSSR count). The molecule has 0 bridgehead atoms. The number of carboxylic acids is 1. The predicted molar refractivity (Wildman–Crippen MR) is 107 cm³/mol. The SMILES string of the molecule is CCCC[C@](NC(=O)C(C)CS)(OCc1ccc(N(C)C)cc1)C(=O)O. The van der Waals surface area contributed by atoms with Gasteiger partial charge in [0, 0.05) is 37.9 Å². The van der Waals surface area contributed by atoms with Gasteiger partial charge in [-0.2, -0.15) is 12.6 Å². The summed E-state index contributed by atoms with van der Waals surface area (Å²) in [6, 6.07) is 7.66. The minimum atomic E-state index is -1.73. The lowest BCUT2D eigenvalue weighted by atomic mass is 10.0. The van der Waals surface area contributed by atoms with Gasteiger partial charge in [-0.1, -0.05) is 32.4 Å². The van der Waals surface area contributed by atoms with Crippen LogP contribution in [0.15, 0.2) is 24.3 Å². The molecule has 0 aliphatic carbocycles. The minimum absolute atomic E-state index is 0.0965. The fourth-order valence-electron chi connectivity index (χ4n) is 2.32. The summed E-state index contributed by atoms with van der Waals surface area (Å²) in [7, 11) is 3.90. The van der Waals surface area contributed by atoms with Crippen molar-refractivity contribution in [1.29, 1.82) is 0 Å². The van der Waals surface area contributed by atoms with E-state index in [4.69, 9.17) is 4.74 Å². The zero-order valence-corrected chi connectivity index (χ0v) is 16.9. The Morgan fingerprint density at radius 3 is 2.38 bits per heavy atom. The molecule has 2 N–H and O–H groups in total. The number of nitrogens with zero attached hydrogens (tertiary/aromatic N) is 1. The molecule has 1 amide bonds. The Bertz CT molecular complexity index is 592. The van der Waals surface area contributed by atoms with Crippen molar-refractivity contribution < 1.29 is 19.4 Å². The number of unbranched alkanes of at least 4 members (excludes halogenated alkanes) is 1. The number of aliphatic carboxylic acids is 1. The summed E-state index contributed by atoms with van der Waals surface area (Å²) >= 11 is 4.11. The molecule has 0 aliphatic rings. The first-order valence-electron chi connectivity index (χ1n) is 8.82. The van der Waals surface area contributed by atoms with Crippen LogP contribution in [0.4, 0.5) is 5.69 Å². The van der Waals surface area contributed by atoms with Gasteiger partial charge in [0.1, 0.15) is 0 Å². The number of benzene rings is 1. The molecule has 0 radical (unpaired) electrons. The van der Waals surface area contributed by atoms with Gasteiger partial charge in [0.05, 0.1) is 6.61 Å². The Morgan fingerprint density at radius 1 is 1.31 bits per heavy atom. The van der Waals surface area contributed by atoms with Crippen LogP contribution >= 0.6 is 12.6 Å². The average Bonchev–Trinajstić information content (AvgIpc) is 2.63. The fourth-order valence-corrected chi connectivity index (χ4v) is 2.49. The zero-order chi connectivity index (χ0) is 19.7. The maximum atomic E-state index is 12.3. The van der Waals surface area contributed by atoms with Gasteiger partial charge in [0.25, 0.3) is 0 Å². The first-order chi connectivity index (χ1) is 12.3. The van der Waals surface area contributed by atoms with Gasteiger partial charge in [-0.05, 0) is 24.1 Å². The van der Waals surface area contributed by atoms with Crippen LogP contribution in [-0.4, -0.2) is 42.6 Å². The molecule has 6 nitrogen and oxygen atoms in total. The first kappa shape index (κ1) is 22.3. The van der Waals surface area contributed by atoms with Crippen LogP contribution in [0.3, 0.4) is 0 Å². The summed E-state index contributed by atoms with van der Waals surface area (Å²) in [4.78, 5) is 26.2. The second kappa shape index (κ2) is 10.4. The summed E-state index contributed by atoms with van der Waals surface area (Å²) in [6.07, 6.45) is 1.63. The van der Waals surface area contributed by atoms with Crippen molar-refractivity contribution in [3.8, 4) is 0 Å². The number of rotatable bonds is 11. The standard InChI is InChI=1S/C19H30N2O4S/c1-5-6-11-19(18(23)24,20-17(22)14(2)13-26)25-12-15-7-9-16(10-8-15)21(3)4/h7-10,14,26H,5-6,11-13H2,1-4H3,(H,20,22)(H,23,24)/t14?,19-/m0/s1. The average molecular weight is 383 g/mol. The third-order valence-corrected chi connectivity index (χ3v) is 4.76. The van der Waals surface area contributed by atoms with Crippen LogP contribution in [0.2, 0.25) is 0 Å². The van der Waals surface area contributed by atoms with Crippen molar-refractivity contribution >= 4 is 30.2 Å². The summed E-state index contributed by atoms with van der Waals surface area (Å²) in [5.41, 5.74) is 0.152. The van der Waals surface area contributed by atoms with Gasteiger partial charge in [0.15, 0.2) is 0 Å². The van der Waals surface area contributed by atoms with E-state index in [1.54, 1.807) is 6.92 Å². The summed E-state index contributed by atoms with van der Waals surface area (Å²) in [5.74, 6) is -1.62. The number of ether oxygens (including phenoxy) is 1. The monoisotopic (exact) mass is 382 g/mol. The van der Waals surface area contributed by atoms with Crippen LogP contribution < -0.4 is 10.2 Å². The fraction of sp³-hybridized carbons (Fsp3) is 0.579. The lowest BCUT2D eigenvalue weighted by Crippen LogP contribution is -2.57. The topological polar surface area (TPSA) is 78.9 Å². The van der Waals surface area contributed by atoms with Crippen LogP contribution in [0.1, 0.15) is 38.7 Å². The molecule has 0 aromatic heterocycles. The Morgan fingerprint density at radius 2 is 1.92 bits per heavy atom. The van der Waals surface area contributed by atoms with E-state index in [-0.39, 0.29) is 18.9 Å². The second-order valence-corrected chi connectivity index (χ2v) is 7.02. The van der Waals surface area contributed by atoms with Crippen LogP contribution in [0.5, 0.6) is 0 Å². The lowest BCUT2D eigenvalue weighted by molar-refractivity contribution is -0.178. The molecule has 1 aromatic carbocycles. The van der Waals surface area contributed by atoms with Gasteiger partial charge in [0.2, 0.25) is 11.6 Å². The number of hydrogen-bond donors (Lipinski definition) is 3. The highest BCUT2D eigenvalue weighted by Gasteiger charge is 2.41. The summed E-state index contributed by atoms with van der Waals surface area (Å²) < 4.78 is 5.77. The molecule has 0 heterocycles. The highest BCUT2D eigenvalue weighted by Crippen LogP contribution is 2.21. The maximum absolute atomic E-state index is 12.3. The molecule has 26 heavy (non-hydrogen) atoms. The van der Waals surface area contributed by atoms with E-state index in [1.807, 2.05) is 50.2 Å². The molecule has 7 heteroatoms. The van der Waals surface area contributed by atoms with Crippen molar-refractivity contribution in [2.45, 2.75) is 45.4 Å². The first-order valence-corrected chi connectivity index (χ1v) is 9.45. The molecular formula is C19H30N2O4S. The Hall–Kier alpha value is -1.73. The summed E-state index contributed by atoms with van der Waals surface area (Å²) in [6.45, 7) is 3.76. The zero-order valence-electron chi connectivity index (χ0n) is 16.0. The molecular weight excluding hydrogens is 352 g/mol. The van der Waals surface area contributed by atoms with Gasteiger partial charge in [-0.25, -0.2) is 4.79 Å². The molecule has 1 aromatic rings. The normalized spacial score (nSPS) is 14.3. The third-order valence-electron chi connectivity index (χ3n) is 4.21. The van der Waals surface area contributed by atoms with E-state index in [0.717, 1.165) is 17.7 Å². The van der Waals surface area contributed by atoms with Crippen molar-refractivity contribution in [2.24, 2.45) is 5.92 Å². The van der Waals surface area contributed by atoms with Crippen LogP contribution in [-0.2, 0) is 20.9 Å². The number of amides is 1. The molecule has 146 valence electrons. The van der Waals surface area contributed by atoms with Gasteiger partial charge in [-0.15, -0.1) is 0 Å². The van der Waals surface area contributed by atoms with Gasteiger partial charge < -0.3 is 20.1 Å². The largest absolute Gasteiger partial charge is 0.478 e.